The first-order chi connectivity index (χ1) is 6.56. The first kappa shape index (κ1) is 10.7. The van der Waals surface area contributed by atoms with Crippen molar-refractivity contribution in [2.24, 2.45) is 0 Å². The molecule has 0 spiro atoms. The Morgan fingerprint density at radius 2 is 1.86 bits per heavy atom. The van der Waals surface area contributed by atoms with E-state index in [2.05, 4.69) is 0 Å². The third-order valence-corrected chi connectivity index (χ3v) is 1.86. The molecule has 0 aliphatic rings. The van der Waals surface area contributed by atoms with E-state index in [0.717, 1.165) is 12.1 Å². The van der Waals surface area contributed by atoms with Gasteiger partial charge in [-0.2, -0.15) is 0 Å². The lowest BCUT2D eigenvalue weighted by atomic mass is 10.2. The number of nitrogen functional groups attached to an aromatic ring is 1. The van der Waals surface area contributed by atoms with Gasteiger partial charge in [0.1, 0.15) is 5.69 Å². The highest BCUT2D eigenvalue weighted by atomic mass is 19.1. The molecule has 0 saturated heterocycles. The molecular formula is C9H12F2N2O. The third kappa shape index (κ3) is 2.11. The van der Waals surface area contributed by atoms with Crippen molar-refractivity contribution in [1.29, 1.82) is 0 Å². The zero-order valence-corrected chi connectivity index (χ0v) is 7.80. The lowest BCUT2D eigenvalue weighted by Gasteiger charge is -2.19. The fourth-order valence-corrected chi connectivity index (χ4v) is 1.21. The highest BCUT2D eigenvalue weighted by Gasteiger charge is 2.13. The van der Waals surface area contributed by atoms with Crippen LogP contribution in [0.3, 0.4) is 0 Å². The molecule has 1 aromatic carbocycles. The second-order valence-corrected chi connectivity index (χ2v) is 2.98. The van der Waals surface area contributed by atoms with Crippen LogP contribution in [-0.4, -0.2) is 25.3 Å². The number of nitrogens with zero attached hydrogens (tertiary/aromatic N) is 1. The summed E-state index contributed by atoms with van der Waals surface area (Å²) in [6.07, 6.45) is 0. The van der Waals surface area contributed by atoms with Crippen LogP contribution in [0.1, 0.15) is 0 Å². The first-order valence-corrected chi connectivity index (χ1v) is 4.12. The predicted octanol–water partition coefficient (Wildman–Crippen LogP) is 0.976. The van der Waals surface area contributed by atoms with Crippen molar-refractivity contribution in [2.45, 2.75) is 0 Å². The van der Waals surface area contributed by atoms with E-state index in [1.807, 2.05) is 0 Å². The molecule has 0 fully saturated rings. The second kappa shape index (κ2) is 4.23. The van der Waals surface area contributed by atoms with Crippen molar-refractivity contribution >= 4 is 11.4 Å². The fraction of sp³-hybridized carbons (Fsp3) is 0.333. The lowest BCUT2D eigenvalue weighted by Crippen LogP contribution is -2.23. The zero-order chi connectivity index (χ0) is 10.7. The van der Waals surface area contributed by atoms with Crippen LogP contribution in [0.4, 0.5) is 20.2 Å². The van der Waals surface area contributed by atoms with E-state index in [1.54, 1.807) is 0 Å². The van der Waals surface area contributed by atoms with Gasteiger partial charge in [-0.05, 0) is 12.1 Å². The van der Waals surface area contributed by atoms with Crippen molar-refractivity contribution in [3.8, 4) is 0 Å². The maximum atomic E-state index is 13.2. The average molecular weight is 202 g/mol. The van der Waals surface area contributed by atoms with Gasteiger partial charge >= 0.3 is 0 Å². The van der Waals surface area contributed by atoms with Gasteiger partial charge < -0.3 is 15.7 Å². The minimum absolute atomic E-state index is 0.0427. The SMILES string of the molecule is CN(CCO)c1c(F)cc(N)cc1F. The van der Waals surface area contributed by atoms with Gasteiger partial charge in [-0.3, -0.25) is 0 Å². The van der Waals surface area contributed by atoms with Crippen molar-refractivity contribution < 1.29 is 13.9 Å². The molecule has 0 saturated carbocycles. The summed E-state index contributed by atoms with van der Waals surface area (Å²) in [5, 5.41) is 8.62. The van der Waals surface area contributed by atoms with Crippen molar-refractivity contribution in [2.75, 3.05) is 30.8 Å². The molecule has 78 valence electrons. The molecule has 1 rings (SSSR count). The average Bonchev–Trinajstić information content (AvgIpc) is 2.01. The monoisotopic (exact) mass is 202 g/mol. The number of aliphatic hydroxyl groups excluding tert-OH is 1. The molecule has 3 N–H and O–H groups in total. The van der Waals surface area contributed by atoms with Crippen LogP contribution in [0.25, 0.3) is 0 Å². The van der Waals surface area contributed by atoms with Gasteiger partial charge in [-0.1, -0.05) is 0 Å². The van der Waals surface area contributed by atoms with Crippen LogP contribution in [0, 0.1) is 11.6 Å². The Bertz CT molecular complexity index is 308. The van der Waals surface area contributed by atoms with Gasteiger partial charge in [0, 0.05) is 19.3 Å². The summed E-state index contributed by atoms with van der Waals surface area (Å²) in [7, 11) is 1.49. The van der Waals surface area contributed by atoms with Crippen LogP contribution in [0.2, 0.25) is 0 Å². The largest absolute Gasteiger partial charge is 0.399 e. The molecule has 5 heteroatoms. The zero-order valence-electron chi connectivity index (χ0n) is 7.80. The van der Waals surface area contributed by atoms with E-state index in [1.165, 1.54) is 11.9 Å². The molecule has 0 bridgehead atoms. The predicted molar refractivity (Wildman–Crippen MR) is 51.1 cm³/mol. The molecular weight excluding hydrogens is 190 g/mol. The number of likely N-dealkylation sites (N-methyl/N-ethyl adjacent to an activating group) is 1. The maximum Gasteiger partial charge on any atom is 0.151 e. The summed E-state index contributed by atoms with van der Waals surface area (Å²) < 4.78 is 26.5. The number of aliphatic hydroxyl groups is 1. The fourth-order valence-electron chi connectivity index (χ4n) is 1.21. The lowest BCUT2D eigenvalue weighted by molar-refractivity contribution is 0.303. The van der Waals surface area contributed by atoms with Gasteiger partial charge in [0.25, 0.3) is 0 Å². The van der Waals surface area contributed by atoms with E-state index in [-0.39, 0.29) is 24.5 Å². The van der Waals surface area contributed by atoms with Crippen LogP contribution in [0.5, 0.6) is 0 Å². The first-order valence-electron chi connectivity index (χ1n) is 4.12. The molecule has 0 heterocycles. The number of hydrogen-bond donors (Lipinski definition) is 2. The Morgan fingerprint density at radius 1 is 1.36 bits per heavy atom. The Hall–Kier alpha value is -1.36. The molecule has 0 radical (unpaired) electrons. The highest BCUT2D eigenvalue weighted by molar-refractivity contribution is 5.55. The van der Waals surface area contributed by atoms with E-state index in [9.17, 15) is 8.78 Å². The van der Waals surface area contributed by atoms with Gasteiger partial charge in [-0.25, -0.2) is 8.78 Å². The van der Waals surface area contributed by atoms with Crippen molar-refractivity contribution in [3.05, 3.63) is 23.8 Å². The van der Waals surface area contributed by atoms with Gasteiger partial charge in [0.15, 0.2) is 11.6 Å². The van der Waals surface area contributed by atoms with Crippen LogP contribution < -0.4 is 10.6 Å². The smallest absolute Gasteiger partial charge is 0.151 e. The van der Waals surface area contributed by atoms with Gasteiger partial charge in [-0.15, -0.1) is 0 Å². The Balaban J connectivity index is 3.07. The van der Waals surface area contributed by atoms with E-state index >= 15 is 0 Å². The van der Waals surface area contributed by atoms with Crippen molar-refractivity contribution in [3.63, 3.8) is 0 Å². The summed E-state index contributed by atoms with van der Waals surface area (Å²) >= 11 is 0. The van der Waals surface area contributed by atoms with E-state index in [0.29, 0.717) is 0 Å². The minimum atomic E-state index is -0.724. The summed E-state index contributed by atoms with van der Waals surface area (Å²) in [5.41, 5.74) is 5.12. The van der Waals surface area contributed by atoms with Crippen molar-refractivity contribution in [1.82, 2.24) is 0 Å². The van der Waals surface area contributed by atoms with E-state index in [4.69, 9.17) is 10.8 Å². The van der Waals surface area contributed by atoms with Crippen LogP contribution in [0.15, 0.2) is 12.1 Å². The molecule has 0 aliphatic heterocycles. The maximum absolute atomic E-state index is 13.2. The molecule has 3 nitrogen and oxygen atoms in total. The normalized spacial score (nSPS) is 10.3. The third-order valence-electron chi connectivity index (χ3n) is 1.86. The number of benzene rings is 1. The summed E-state index contributed by atoms with van der Waals surface area (Å²) in [6.45, 7) is -0.00247. The molecule has 0 aliphatic carbocycles. The Kier molecular flexibility index (Phi) is 3.24. The number of nitrogens with two attached hydrogens (primary N) is 1. The molecule has 0 atom stereocenters. The summed E-state index contributed by atoms with van der Waals surface area (Å²) in [4.78, 5) is 1.30. The molecule has 1 aromatic rings. The summed E-state index contributed by atoms with van der Waals surface area (Å²) in [6, 6.07) is 2.10. The quantitative estimate of drug-likeness (QED) is 0.718. The van der Waals surface area contributed by atoms with Gasteiger partial charge in [0.05, 0.1) is 6.61 Å². The van der Waals surface area contributed by atoms with Crippen LogP contribution in [-0.2, 0) is 0 Å². The molecule has 0 aromatic heterocycles. The minimum Gasteiger partial charge on any atom is -0.399 e. The number of hydrogen-bond acceptors (Lipinski definition) is 3. The molecule has 14 heavy (non-hydrogen) atoms. The van der Waals surface area contributed by atoms with Gasteiger partial charge in [0.2, 0.25) is 0 Å². The number of halogens is 2. The second-order valence-electron chi connectivity index (χ2n) is 2.98. The molecule has 0 amide bonds. The summed E-state index contributed by atoms with van der Waals surface area (Å²) in [5.74, 6) is -1.45. The standard InChI is InChI=1S/C9H12F2N2O/c1-13(2-3-14)9-7(10)4-6(12)5-8(9)11/h4-5,14H,2-3,12H2,1H3. The topological polar surface area (TPSA) is 49.5 Å². The Labute approximate surface area is 80.8 Å². The van der Waals surface area contributed by atoms with E-state index < -0.39 is 11.6 Å². The van der Waals surface area contributed by atoms with Crippen LogP contribution >= 0.6 is 0 Å². The number of rotatable bonds is 3. The number of anilines is 2. The molecule has 0 unspecified atom stereocenters. The highest BCUT2D eigenvalue weighted by Crippen LogP contribution is 2.24. The Morgan fingerprint density at radius 3 is 2.29 bits per heavy atom.